The van der Waals surface area contributed by atoms with E-state index in [1.165, 1.54) is 4.90 Å². The normalized spacial score (nSPS) is 20.5. The van der Waals surface area contributed by atoms with Crippen molar-refractivity contribution in [2.75, 3.05) is 13.1 Å². The maximum atomic E-state index is 13.8. The van der Waals surface area contributed by atoms with Crippen LogP contribution >= 0.6 is 0 Å². The summed E-state index contributed by atoms with van der Waals surface area (Å²) < 4.78 is 11.0. The van der Waals surface area contributed by atoms with Crippen LogP contribution in [0.15, 0.2) is 0 Å². The van der Waals surface area contributed by atoms with E-state index >= 15 is 0 Å². The highest BCUT2D eigenvalue weighted by Gasteiger charge is 2.43. The van der Waals surface area contributed by atoms with Crippen molar-refractivity contribution >= 4 is 23.9 Å². The third kappa shape index (κ3) is 8.47. The van der Waals surface area contributed by atoms with Gasteiger partial charge in [-0.1, -0.05) is 32.1 Å². The molecule has 1 N–H and O–H groups in total. The lowest BCUT2D eigenvalue weighted by molar-refractivity contribution is -0.158. The quantitative estimate of drug-likeness (QED) is 0.546. The van der Waals surface area contributed by atoms with Gasteiger partial charge in [0.25, 0.3) is 0 Å². The molecular formula is C25H42N2O7. The minimum atomic E-state index is -1.06. The number of likely N-dealkylation sites (tertiary alicyclic amines) is 1. The first-order valence-electron chi connectivity index (χ1n) is 12.4. The molecule has 1 heterocycles. The molecule has 34 heavy (non-hydrogen) atoms. The number of ether oxygens (including phenoxy) is 2. The summed E-state index contributed by atoms with van der Waals surface area (Å²) in [4.78, 5) is 54.1. The van der Waals surface area contributed by atoms with Crippen LogP contribution in [0.5, 0.6) is 0 Å². The SMILES string of the molecule is CC(C)(C)OC(=O)CN(C(=O)OC(C)(C)C)[C@H](CC1CCCCC1)C(=O)N1CCC[C@H]1C(=O)O. The topological polar surface area (TPSA) is 113 Å². The molecule has 0 aromatic rings. The number of carbonyl (C=O) groups excluding carboxylic acids is 3. The van der Waals surface area contributed by atoms with Gasteiger partial charge in [0.15, 0.2) is 0 Å². The molecule has 2 fully saturated rings. The van der Waals surface area contributed by atoms with Crippen LogP contribution in [0.2, 0.25) is 0 Å². The summed E-state index contributed by atoms with van der Waals surface area (Å²) in [7, 11) is 0. The van der Waals surface area contributed by atoms with Crippen molar-refractivity contribution in [1.82, 2.24) is 9.80 Å². The summed E-state index contributed by atoms with van der Waals surface area (Å²) in [5, 5.41) is 9.64. The Balaban J connectivity index is 2.40. The lowest BCUT2D eigenvalue weighted by atomic mass is 9.84. The predicted octanol–water partition coefficient (Wildman–Crippen LogP) is 3.98. The van der Waals surface area contributed by atoms with Crippen LogP contribution in [0, 0.1) is 5.92 Å². The second-order valence-corrected chi connectivity index (χ2v) is 11.5. The summed E-state index contributed by atoms with van der Waals surface area (Å²) in [6.07, 6.45) is 5.63. The molecule has 0 aromatic heterocycles. The van der Waals surface area contributed by atoms with Crippen molar-refractivity contribution in [2.24, 2.45) is 5.92 Å². The molecule has 0 aromatic carbocycles. The van der Waals surface area contributed by atoms with Gasteiger partial charge in [-0.15, -0.1) is 0 Å². The highest BCUT2D eigenvalue weighted by Crippen LogP contribution is 2.31. The minimum Gasteiger partial charge on any atom is -0.480 e. The van der Waals surface area contributed by atoms with E-state index in [0.717, 1.165) is 37.0 Å². The molecule has 0 spiro atoms. The zero-order valence-electron chi connectivity index (χ0n) is 21.6. The molecule has 1 saturated carbocycles. The fourth-order valence-corrected chi connectivity index (χ4v) is 4.71. The fourth-order valence-electron chi connectivity index (χ4n) is 4.71. The van der Waals surface area contributed by atoms with E-state index in [-0.39, 0.29) is 5.92 Å². The number of carbonyl (C=O) groups is 4. The average molecular weight is 483 g/mol. The number of carboxylic acid groups (broad SMARTS) is 1. The van der Waals surface area contributed by atoms with Gasteiger partial charge in [0, 0.05) is 6.54 Å². The zero-order chi connectivity index (χ0) is 25.7. The van der Waals surface area contributed by atoms with Crippen LogP contribution in [0.4, 0.5) is 4.79 Å². The summed E-state index contributed by atoms with van der Waals surface area (Å²) in [6.45, 7) is 10.2. The van der Waals surface area contributed by atoms with Gasteiger partial charge < -0.3 is 19.5 Å². The van der Waals surface area contributed by atoms with E-state index in [0.29, 0.717) is 25.8 Å². The Labute approximate surface area is 203 Å². The number of aliphatic carboxylic acids is 1. The Bertz CT molecular complexity index is 747. The Kier molecular flexibility index (Phi) is 9.37. The van der Waals surface area contributed by atoms with Crippen LogP contribution in [-0.2, 0) is 23.9 Å². The Morgan fingerprint density at radius 2 is 1.50 bits per heavy atom. The number of carboxylic acids is 1. The smallest absolute Gasteiger partial charge is 0.411 e. The van der Waals surface area contributed by atoms with Crippen LogP contribution in [0.25, 0.3) is 0 Å². The molecule has 0 bridgehead atoms. The Morgan fingerprint density at radius 3 is 2.03 bits per heavy atom. The molecule has 1 saturated heterocycles. The summed E-state index contributed by atoms with van der Waals surface area (Å²) in [5.74, 6) is -1.93. The maximum Gasteiger partial charge on any atom is 0.411 e. The second-order valence-electron chi connectivity index (χ2n) is 11.5. The van der Waals surface area contributed by atoms with Crippen LogP contribution in [0.3, 0.4) is 0 Å². The van der Waals surface area contributed by atoms with Gasteiger partial charge >= 0.3 is 18.0 Å². The van der Waals surface area contributed by atoms with E-state index in [9.17, 15) is 24.3 Å². The van der Waals surface area contributed by atoms with Gasteiger partial charge in [-0.2, -0.15) is 0 Å². The number of nitrogens with zero attached hydrogens (tertiary/aromatic N) is 2. The first-order valence-corrected chi connectivity index (χ1v) is 12.4. The van der Waals surface area contributed by atoms with E-state index in [1.54, 1.807) is 41.5 Å². The molecule has 1 aliphatic heterocycles. The Morgan fingerprint density at radius 1 is 0.912 bits per heavy atom. The van der Waals surface area contributed by atoms with Crippen molar-refractivity contribution < 1.29 is 33.8 Å². The molecule has 9 nitrogen and oxygen atoms in total. The molecular weight excluding hydrogens is 440 g/mol. The van der Waals surface area contributed by atoms with Crippen molar-refractivity contribution in [3.63, 3.8) is 0 Å². The van der Waals surface area contributed by atoms with E-state index in [2.05, 4.69) is 0 Å². The summed E-state index contributed by atoms with van der Waals surface area (Å²) in [6, 6.07) is -1.92. The van der Waals surface area contributed by atoms with Crippen LogP contribution in [-0.4, -0.2) is 75.2 Å². The van der Waals surface area contributed by atoms with Gasteiger partial charge in [-0.3, -0.25) is 14.5 Å². The molecule has 0 unspecified atom stereocenters. The first-order chi connectivity index (χ1) is 15.7. The number of hydrogen-bond donors (Lipinski definition) is 1. The standard InChI is InChI=1S/C25H42N2O7/c1-24(2,3)33-20(28)16-27(23(32)34-25(4,5)6)19(15-17-11-8-7-9-12-17)21(29)26-14-10-13-18(26)22(30)31/h17-19H,7-16H2,1-6H3,(H,30,31)/t18-,19+/m0/s1. The second kappa shape index (κ2) is 11.4. The monoisotopic (exact) mass is 482 g/mol. The number of amides is 2. The van der Waals surface area contributed by atoms with Gasteiger partial charge in [0.2, 0.25) is 5.91 Å². The molecule has 1 aliphatic carbocycles. The number of rotatable bonds is 7. The first kappa shape index (κ1) is 27.9. The molecule has 0 radical (unpaired) electrons. The summed E-state index contributed by atoms with van der Waals surface area (Å²) >= 11 is 0. The molecule has 2 amide bonds. The van der Waals surface area contributed by atoms with Gasteiger partial charge in [0.1, 0.15) is 29.8 Å². The number of esters is 1. The lowest BCUT2D eigenvalue weighted by Gasteiger charge is -2.37. The molecule has 194 valence electrons. The van der Waals surface area contributed by atoms with Crippen LogP contribution in [0.1, 0.15) is 92.9 Å². The lowest BCUT2D eigenvalue weighted by Crippen LogP contribution is -2.56. The maximum absolute atomic E-state index is 13.8. The predicted molar refractivity (Wildman–Crippen MR) is 126 cm³/mol. The van der Waals surface area contributed by atoms with Crippen molar-refractivity contribution in [2.45, 2.75) is 116 Å². The highest BCUT2D eigenvalue weighted by atomic mass is 16.6. The fraction of sp³-hybridized carbons (Fsp3) is 0.840. The third-order valence-corrected chi connectivity index (χ3v) is 6.11. The van der Waals surface area contributed by atoms with Crippen LogP contribution < -0.4 is 0 Å². The Hall–Kier alpha value is -2.32. The summed E-state index contributed by atoms with van der Waals surface area (Å²) in [5.41, 5.74) is -1.60. The van der Waals surface area contributed by atoms with Gasteiger partial charge in [-0.25, -0.2) is 9.59 Å². The highest BCUT2D eigenvalue weighted by molar-refractivity contribution is 5.91. The van der Waals surface area contributed by atoms with Crippen molar-refractivity contribution in [1.29, 1.82) is 0 Å². The van der Waals surface area contributed by atoms with Crippen molar-refractivity contribution in [3.05, 3.63) is 0 Å². The van der Waals surface area contributed by atoms with Gasteiger partial charge in [-0.05, 0) is 66.7 Å². The molecule has 2 rings (SSSR count). The third-order valence-electron chi connectivity index (χ3n) is 6.11. The van der Waals surface area contributed by atoms with Crippen molar-refractivity contribution in [3.8, 4) is 0 Å². The van der Waals surface area contributed by atoms with E-state index < -0.39 is 53.8 Å². The molecule has 9 heteroatoms. The largest absolute Gasteiger partial charge is 0.480 e. The minimum absolute atomic E-state index is 0.206. The molecule has 2 atom stereocenters. The van der Waals surface area contributed by atoms with Gasteiger partial charge in [0.05, 0.1) is 0 Å². The van der Waals surface area contributed by atoms with E-state index in [4.69, 9.17) is 9.47 Å². The average Bonchev–Trinajstić information content (AvgIpc) is 3.18. The number of hydrogen-bond acceptors (Lipinski definition) is 6. The molecule has 2 aliphatic rings. The zero-order valence-corrected chi connectivity index (χ0v) is 21.6. The van der Waals surface area contributed by atoms with E-state index in [1.807, 2.05) is 0 Å².